The van der Waals surface area contributed by atoms with E-state index in [1.807, 2.05) is 24.3 Å². The minimum absolute atomic E-state index is 0. The molecule has 0 spiro atoms. The molecule has 0 atom stereocenters. The van der Waals surface area contributed by atoms with E-state index < -0.39 is 0 Å². The molecule has 7 rings (SSSR count). The molecular formula is C37H29Cl3Zr. The van der Waals surface area contributed by atoms with Crippen molar-refractivity contribution in [1.29, 1.82) is 0 Å². The largest absolute Gasteiger partial charge is 0.126 e. The van der Waals surface area contributed by atoms with Crippen LogP contribution in [-0.2, 0) is 24.2 Å². The second kappa shape index (κ2) is 16.5. The van der Waals surface area contributed by atoms with Crippen molar-refractivity contribution in [3.63, 3.8) is 0 Å². The van der Waals surface area contributed by atoms with Gasteiger partial charge in [-0.1, -0.05) is 72.6 Å². The summed E-state index contributed by atoms with van der Waals surface area (Å²) < 4.78 is 1.42. The van der Waals surface area contributed by atoms with Crippen LogP contribution in [-0.4, -0.2) is 3.21 Å². The van der Waals surface area contributed by atoms with Crippen molar-refractivity contribution in [2.24, 2.45) is 0 Å². The number of fused-ring (bicyclic) bond motifs is 3. The van der Waals surface area contributed by atoms with Crippen LogP contribution in [0.15, 0.2) is 152 Å². The standard InChI is InChI=1S/C13H9.C13H10.C11H8Cl.2ClH.Zr/c1-3-7-12-10(5-1)9-11-6-2-4-8-13(11)12;1-3-7-12(8-4-1)11-13-9-5-2-6-10-13;12-11-8-4-3-7-10(11)9-5-1-2-6-9;;;/h1-9H;1-10H;1,3-5,7-8H,2H2;2*1H;/q-1;;-1;;;+2. The van der Waals surface area contributed by atoms with E-state index in [0.717, 1.165) is 22.6 Å². The molecule has 1 aliphatic carbocycles. The Morgan fingerprint density at radius 1 is 0.610 bits per heavy atom. The van der Waals surface area contributed by atoms with Crippen LogP contribution in [0.4, 0.5) is 0 Å². The van der Waals surface area contributed by atoms with Crippen LogP contribution in [0.5, 0.6) is 0 Å². The third-order valence-corrected chi connectivity index (χ3v) is 8.26. The van der Waals surface area contributed by atoms with Crippen LogP contribution in [0.2, 0.25) is 5.02 Å². The van der Waals surface area contributed by atoms with E-state index >= 15 is 0 Å². The van der Waals surface area contributed by atoms with Gasteiger partial charge in [0.1, 0.15) is 0 Å². The predicted octanol–water partition coefficient (Wildman–Crippen LogP) is 10.8. The Morgan fingerprint density at radius 2 is 1.07 bits per heavy atom. The summed E-state index contributed by atoms with van der Waals surface area (Å²) in [5, 5.41) is 6.19. The predicted molar refractivity (Wildman–Crippen MR) is 179 cm³/mol. The molecule has 6 aromatic rings. The minimum Gasteiger partial charge on any atom is -0.126 e. The van der Waals surface area contributed by atoms with E-state index in [9.17, 15) is 0 Å². The normalized spacial score (nSPS) is 11.2. The summed E-state index contributed by atoms with van der Waals surface area (Å²) in [6.07, 6.45) is 8.28. The van der Waals surface area contributed by atoms with Gasteiger partial charge in [0.25, 0.3) is 0 Å². The zero-order valence-electron chi connectivity index (χ0n) is 22.3. The number of hydrogen-bond acceptors (Lipinski definition) is 0. The molecule has 4 heteroatoms. The SMILES string of the molecule is Cl.Cl.Clc1ccccc1C1=[C-]CC=C1.[Zr+2]=[C](c1ccccc1)c1ccccc1.c1ccc2c(c1)[cH-]c1ccccc12. The summed E-state index contributed by atoms with van der Waals surface area (Å²) in [5.41, 5.74) is 4.85. The molecule has 0 heterocycles. The Bertz CT molecular complexity index is 1660. The van der Waals surface area contributed by atoms with Gasteiger partial charge < -0.3 is 0 Å². The first-order valence-electron chi connectivity index (χ1n) is 13.0. The Kier molecular flexibility index (Phi) is 13.1. The zero-order valence-corrected chi connectivity index (χ0v) is 27.2. The van der Waals surface area contributed by atoms with E-state index in [1.165, 1.54) is 60.1 Å². The average molecular weight is 671 g/mol. The number of rotatable bonds is 3. The summed E-state index contributed by atoms with van der Waals surface area (Å²) >= 11 is 7.47. The average Bonchev–Trinajstić information content (AvgIpc) is 3.67. The second-order valence-corrected chi connectivity index (χ2v) is 10.7. The van der Waals surface area contributed by atoms with Gasteiger partial charge in [0.2, 0.25) is 0 Å². The van der Waals surface area contributed by atoms with E-state index in [1.54, 1.807) is 0 Å². The first-order valence-corrected chi connectivity index (χ1v) is 14.6. The fraction of sp³-hybridized carbons (Fsp3) is 0.0270. The van der Waals surface area contributed by atoms with Crippen molar-refractivity contribution in [2.45, 2.75) is 6.42 Å². The summed E-state index contributed by atoms with van der Waals surface area (Å²) in [6, 6.07) is 48.2. The number of benzene rings is 5. The maximum atomic E-state index is 6.01. The van der Waals surface area contributed by atoms with Gasteiger partial charge >= 0.3 is 99.2 Å². The number of hydrogen-bond donors (Lipinski definition) is 0. The summed E-state index contributed by atoms with van der Waals surface area (Å²) in [7, 11) is 0. The Balaban J connectivity index is 0.000000166. The van der Waals surface area contributed by atoms with Crippen LogP contribution in [0.3, 0.4) is 0 Å². The second-order valence-electron chi connectivity index (χ2n) is 9.10. The molecular weight excluding hydrogens is 642 g/mol. The Labute approximate surface area is 274 Å². The molecule has 0 N–H and O–H groups in total. The van der Waals surface area contributed by atoms with Gasteiger partial charge in [0.15, 0.2) is 0 Å². The van der Waals surface area contributed by atoms with E-state index in [4.69, 9.17) is 11.6 Å². The van der Waals surface area contributed by atoms with Gasteiger partial charge in [0.05, 0.1) is 0 Å². The number of halogens is 3. The molecule has 0 aromatic heterocycles. The molecule has 0 saturated heterocycles. The third kappa shape index (κ3) is 8.54. The van der Waals surface area contributed by atoms with Gasteiger partial charge in [0, 0.05) is 0 Å². The van der Waals surface area contributed by atoms with E-state index in [2.05, 4.69) is 133 Å². The Morgan fingerprint density at radius 3 is 1.56 bits per heavy atom. The van der Waals surface area contributed by atoms with Crippen LogP contribution >= 0.6 is 36.4 Å². The van der Waals surface area contributed by atoms with E-state index in [0.29, 0.717) is 0 Å². The summed E-state index contributed by atoms with van der Waals surface area (Å²) in [6.45, 7) is 0. The Hall–Kier alpha value is -2.93. The van der Waals surface area contributed by atoms with Gasteiger partial charge in [-0.3, -0.25) is 0 Å². The molecule has 0 saturated carbocycles. The minimum atomic E-state index is 0. The van der Waals surface area contributed by atoms with Gasteiger partial charge in [-0.05, 0) is 5.02 Å². The maximum absolute atomic E-state index is 6.01. The summed E-state index contributed by atoms with van der Waals surface area (Å²) in [5.74, 6) is 0. The number of allylic oxidation sites excluding steroid dienone is 4. The van der Waals surface area contributed by atoms with Gasteiger partial charge in [-0.2, -0.15) is 17.7 Å². The molecule has 0 unspecified atom stereocenters. The first-order chi connectivity index (χ1) is 19.2. The van der Waals surface area contributed by atoms with Crippen molar-refractivity contribution >= 4 is 66.7 Å². The molecule has 0 fully saturated rings. The fourth-order valence-corrected chi connectivity index (χ4v) is 5.61. The first kappa shape index (κ1) is 32.6. The molecule has 0 nitrogen and oxygen atoms in total. The third-order valence-electron chi connectivity index (χ3n) is 6.51. The van der Waals surface area contributed by atoms with Crippen molar-refractivity contribution in [2.75, 3.05) is 0 Å². The topological polar surface area (TPSA) is 0 Å². The molecule has 0 aliphatic heterocycles. The van der Waals surface area contributed by atoms with Gasteiger partial charge in [-0.15, -0.1) is 82.3 Å². The smallest absolute Gasteiger partial charge is 0.0771 e. The van der Waals surface area contributed by atoms with Gasteiger partial charge in [-0.25, -0.2) is 0 Å². The maximum Gasteiger partial charge on any atom is -0.0771 e. The molecule has 6 aromatic carbocycles. The van der Waals surface area contributed by atoms with Crippen LogP contribution in [0, 0.1) is 6.08 Å². The monoisotopic (exact) mass is 668 g/mol. The van der Waals surface area contributed by atoms with E-state index in [-0.39, 0.29) is 24.8 Å². The molecule has 41 heavy (non-hydrogen) atoms. The molecule has 0 bridgehead atoms. The van der Waals surface area contributed by atoms with Crippen LogP contribution < -0.4 is 0 Å². The molecule has 0 radical (unpaired) electrons. The van der Waals surface area contributed by atoms with Crippen LogP contribution in [0.1, 0.15) is 23.1 Å². The molecule has 1 aliphatic rings. The van der Waals surface area contributed by atoms with Crippen molar-refractivity contribution < 1.29 is 24.2 Å². The summed E-state index contributed by atoms with van der Waals surface area (Å²) in [4.78, 5) is 0. The van der Waals surface area contributed by atoms with Crippen molar-refractivity contribution in [3.05, 3.63) is 179 Å². The zero-order chi connectivity index (χ0) is 26.9. The quantitative estimate of drug-likeness (QED) is 0.164. The fourth-order valence-electron chi connectivity index (χ4n) is 4.55. The molecule has 0 amide bonds. The van der Waals surface area contributed by atoms with Crippen molar-refractivity contribution in [1.82, 2.24) is 0 Å². The van der Waals surface area contributed by atoms with Crippen molar-refractivity contribution in [3.8, 4) is 0 Å². The molecule has 202 valence electrons. The van der Waals surface area contributed by atoms with Crippen LogP contribution in [0.25, 0.3) is 27.1 Å².